The van der Waals surface area contributed by atoms with Gasteiger partial charge in [0.25, 0.3) is 0 Å². The van der Waals surface area contributed by atoms with Crippen LogP contribution in [0.5, 0.6) is 0 Å². The summed E-state index contributed by atoms with van der Waals surface area (Å²) in [4.78, 5) is 43.1. The first-order valence-corrected chi connectivity index (χ1v) is 24.0. The number of hydrogen-bond acceptors (Lipinski definition) is 11. The molecule has 3 aliphatic heterocycles. The van der Waals surface area contributed by atoms with Crippen molar-refractivity contribution in [3.8, 4) is 0 Å². The van der Waals surface area contributed by atoms with Gasteiger partial charge in [0.15, 0.2) is 11.6 Å². The number of allylic oxidation sites excluding steroid dienone is 3. The molecule has 0 N–H and O–H groups in total. The Morgan fingerprint density at radius 2 is 1.15 bits per heavy atom. The Morgan fingerprint density at radius 3 is 1.57 bits per heavy atom. The van der Waals surface area contributed by atoms with Gasteiger partial charge in [-0.25, -0.2) is 9.59 Å². The van der Waals surface area contributed by atoms with Gasteiger partial charge >= 0.3 is 11.9 Å². The summed E-state index contributed by atoms with van der Waals surface area (Å²) in [5.74, 6) is 0.0843. The smallest absolute Gasteiger partial charge is 0.334 e. The van der Waals surface area contributed by atoms with Crippen LogP contribution in [0.3, 0.4) is 0 Å². The molecule has 3 fully saturated rings. The summed E-state index contributed by atoms with van der Waals surface area (Å²) in [5, 5.41) is 0. The van der Waals surface area contributed by atoms with Crippen LogP contribution in [0.1, 0.15) is 146 Å². The molecule has 0 aromatic heterocycles. The summed E-state index contributed by atoms with van der Waals surface area (Å²) in [6, 6.07) is 7.23. The van der Waals surface area contributed by atoms with E-state index in [9.17, 15) is 19.2 Å². The summed E-state index contributed by atoms with van der Waals surface area (Å²) < 4.78 is 35.1. The fourth-order valence-corrected chi connectivity index (χ4v) is 6.21. The van der Waals surface area contributed by atoms with Crippen LogP contribution in [0.25, 0.3) is 6.08 Å². The maximum atomic E-state index is 11.1. The number of benzene rings is 1. The monoisotopic (exact) mass is 947 g/mol. The molecule has 3 saturated heterocycles. The molecule has 4 rings (SSSR count). The number of esters is 2. The second kappa shape index (κ2) is 40.7. The maximum absolute atomic E-state index is 11.1. The Hall–Kier alpha value is -5.36. The third kappa shape index (κ3) is 33.2. The van der Waals surface area contributed by atoms with Crippen LogP contribution in [0, 0.1) is 5.41 Å². The molecule has 0 amide bonds. The van der Waals surface area contributed by atoms with Gasteiger partial charge in [-0.3, -0.25) is 9.59 Å². The molecule has 0 radical (unpaired) electrons. The average molecular weight is 947 g/mol. The van der Waals surface area contributed by atoms with E-state index in [4.69, 9.17) is 28.4 Å². The van der Waals surface area contributed by atoms with E-state index in [0.29, 0.717) is 30.6 Å². The predicted octanol–water partition coefficient (Wildman–Crippen LogP) is 13.7. The minimum atomic E-state index is -0.477. The Bertz CT molecular complexity index is 1660. The lowest BCUT2D eigenvalue weighted by atomic mass is 9.76. The molecule has 0 saturated carbocycles. The van der Waals surface area contributed by atoms with Crippen LogP contribution in [0.2, 0.25) is 0 Å². The van der Waals surface area contributed by atoms with E-state index in [0.717, 1.165) is 95.0 Å². The highest BCUT2D eigenvalue weighted by molar-refractivity contribution is 6.04. The molecule has 2 unspecified atom stereocenters. The van der Waals surface area contributed by atoms with Crippen molar-refractivity contribution in [2.45, 2.75) is 142 Å². The van der Waals surface area contributed by atoms with Crippen LogP contribution >= 0.6 is 0 Å². The lowest BCUT2D eigenvalue weighted by Gasteiger charge is -2.41. The highest BCUT2D eigenvalue weighted by Gasteiger charge is 2.45. The zero-order valence-corrected chi connectivity index (χ0v) is 42.3. The molecular formula is C57H86O11. The predicted molar refractivity (Wildman–Crippen MR) is 278 cm³/mol. The standard InChI is InChI=1S/C13H22O3.C12H20O2.C11H10O.C8H14O2.C8H14O.C5H6O2/c1-3-5-6-7-8-9-13(11-16-13)10-15-12(14)4-2;1-3-5-7-12(9-14-10-12)8-6-11(13)4-2;1-3-9-5-7-10(8-6-9)11(12)4-2;1-3-5-8(7-10-8)6-9-4-2;1-4-6-7-8(3)9-5-2;1-3-5(6)7-4-2/h4H,2-3,5-11H2,1H3;4H,2-3,5-10H2,1H3;3-8H,1-2H2;4H,2-3,5-7H2,1H3;5H,2-4,6-7H2,1H3;3-4H,1-2H2. The first kappa shape index (κ1) is 64.7. The quantitative estimate of drug-likeness (QED) is 0.0175. The number of carbonyl (C=O) groups excluding carboxylic acids is 4. The van der Waals surface area contributed by atoms with Gasteiger partial charge in [0.2, 0.25) is 0 Å². The van der Waals surface area contributed by atoms with Gasteiger partial charge in [-0.15, -0.1) is 0 Å². The van der Waals surface area contributed by atoms with Crippen molar-refractivity contribution in [1.82, 2.24) is 0 Å². The number of unbranched alkanes of at least 4 members (excludes halogenated alkanes) is 6. The van der Waals surface area contributed by atoms with Gasteiger partial charge in [0, 0.05) is 36.0 Å². The van der Waals surface area contributed by atoms with Crippen molar-refractivity contribution in [3.63, 3.8) is 0 Å². The second-order valence-corrected chi connectivity index (χ2v) is 16.5. The summed E-state index contributed by atoms with van der Waals surface area (Å²) in [5.41, 5.74) is 1.88. The molecular weight excluding hydrogens is 861 g/mol. The number of carbonyl (C=O) groups is 4. The van der Waals surface area contributed by atoms with Gasteiger partial charge in [-0.05, 0) is 49.8 Å². The number of ketones is 2. The summed E-state index contributed by atoms with van der Waals surface area (Å²) >= 11 is 0. The Morgan fingerprint density at radius 1 is 0.574 bits per heavy atom. The lowest BCUT2D eigenvalue weighted by Crippen LogP contribution is -2.42. The number of hydrogen-bond donors (Lipinski definition) is 0. The van der Waals surface area contributed by atoms with E-state index in [1.54, 1.807) is 18.2 Å². The number of epoxide rings is 2. The van der Waals surface area contributed by atoms with Gasteiger partial charge < -0.3 is 33.2 Å². The van der Waals surface area contributed by atoms with E-state index in [1.165, 1.54) is 82.1 Å². The molecule has 11 nitrogen and oxygen atoms in total. The van der Waals surface area contributed by atoms with Crippen molar-refractivity contribution < 1.29 is 52.3 Å². The van der Waals surface area contributed by atoms with E-state index < -0.39 is 5.97 Å². The highest BCUT2D eigenvalue weighted by Crippen LogP contribution is 2.38. The van der Waals surface area contributed by atoms with Crippen molar-refractivity contribution in [3.05, 3.63) is 143 Å². The SMILES string of the molecule is C=CC(=O)CCC1(CCCC)COC1.C=CC(=O)OCC1(CCCCCCC)CO1.C=CC(=O)c1ccc(C=C)cc1.C=COC(=C)CCCC.C=COC(=O)C=C.C=COCC1(CCC)CO1. The van der Waals surface area contributed by atoms with Gasteiger partial charge in [-0.1, -0.05) is 175 Å². The second-order valence-electron chi connectivity index (χ2n) is 16.5. The number of rotatable bonds is 31. The molecule has 3 heterocycles. The molecule has 2 atom stereocenters. The van der Waals surface area contributed by atoms with Crippen molar-refractivity contribution >= 4 is 29.6 Å². The minimum absolute atomic E-state index is 0.0504. The molecule has 0 bridgehead atoms. The van der Waals surface area contributed by atoms with Crippen LogP contribution in [0.15, 0.2) is 132 Å². The zero-order valence-electron chi connectivity index (χ0n) is 42.3. The van der Waals surface area contributed by atoms with Gasteiger partial charge in [0.05, 0.1) is 51.0 Å². The molecule has 3 aliphatic rings. The summed E-state index contributed by atoms with van der Waals surface area (Å²) in [6.07, 6.45) is 28.7. The maximum Gasteiger partial charge on any atom is 0.334 e. The summed E-state index contributed by atoms with van der Waals surface area (Å²) in [7, 11) is 0. The van der Waals surface area contributed by atoms with Crippen molar-refractivity contribution in [2.24, 2.45) is 5.41 Å². The third-order valence-electron chi connectivity index (χ3n) is 10.7. The van der Waals surface area contributed by atoms with Crippen molar-refractivity contribution in [1.29, 1.82) is 0 Å². The van der Waals surface area contributed by atoms with E-state index >= 15 is 0 Å². The fraction of sp³-hybridized carbons (Fsp3) is 0.509. The molecule has 1 aromatic carbocycles. The zero-order chi connectivity index (χ0) is 51.5. The van der Waals surface area contributed by atoms with E-state index in [1.807, 2.05) is 12.1 Å². The van der Waals surface area contributed by atoms with Crippen LogP contribution in [-0.2, 0) is 47.5 Å². The van der Waals surface area contributed by atoms with Gasteiger partial charge in [-0.2, -0.15) is 0 Å². The van der Waals surface area contributed by atoms with Crippen molar-refractivity contribution in [2.75, 3.05) is 39.6 Å². The Kier molecular flexibility index (Phi) is 38.7. The fourth-order valence-electron chi connectivity index (χ4n) is 6.21. The molecule has 0 spiro atoms. The number of ether oxygens (including phenoxy) is 7. The van der Waals surface area contributed by atoms with Crippen LogP contribution < -0.4 is 0 Å². The van der Waals surface area contributed by atoms with Crippen LogP contribution in [-0.4, -0.2) is 74.3 Å². The van der Waals surface area contributed by atoms with E-state index in [2.05, 4.69) is 91.6 Å². The summed E-state index contributed by atoms with van der Waals surface area (Å²) in [6.45, 7) is 43.8. The lowest BCUT2D eigenvalue weighted by molar-refractivity contribution is -0.139. The molecule has 1 aromatic rings. The minimum Gasteiger partial charge on any atom is -0.499 e. The molecule has 68 heavy (non-hydrogen) atoms. The van der Waals surface area contributed by atoms with Crippen LogP contribution in [0.4, 0.5) is 0 Å². The Balaban J connectivity index is 0. The van der Waals surface area contributed by atoms with E-state index in [-0.39, 0.29) is 28.7 Å². The average Bonchev–Trinajstić information content (AvgIpc) is 4.30. The molecule has 380 valence electrons. The molecule has 0 aliphatic carbocycles. The normalized spacial score (nSPS) is 17.0. The topological polar surface area (TPSA) is 139 Å². The third-order valence-corrected chi connectivity index (χ3v) is 10.7. The van der Waals surface area contributed by atoms with Gasteiger partial charge in [0.1, 0.15) is 24.4 Å². The molecule has 11 heteroatoms. The first-order chi connectivity index (χ1) is 32.7. The highest BCUT2D eigenvalue weighted by atomic mass is 16.6. The Labute approximate surface area is 410 Å². The largest absolute Gasteiger partial charge is 0.499 e. The first-order valence-electron chi connectivity index (χ1n) is 24.0.